The summed E-state index contributed by atoms with van der Waals surface area (Å²) in [6.45, 7) is 6.14. The van der Waals surface area contributed by atoms with Crippen LogP contribution in [0.2, 0.25) is 10.0 Å². The van der Waals surface area contributed by atoms with Gasteiger partial charge in [0.2, 0.25) is 11.8 Å². The number of rotatable bonds is 8. The van der Waals surface area contributed by atoms with E-state index in [1.165, 1.54) is 0 Å². The lowest BCUT2D eigenvalue weighted by Gasteiger charge is -2.32. The van der Waals surface area contributed by atoms with E-state index in [0.717, 1.165) is 42.4 Å². The van der Waals surface area contributed by atoms with Crippen molar-refractivity contribution in [2.24, 2.45) is 0 Å². The number of carbonyl (C=O) groups is 2. The Balaban J connectivity index is 1.90. The molecule has 0 bridgehead atoms. The number of hydrogen-bond donors (Lipinski definition) is 1. The number of amides is 2. The van der Waals surface area contributed by atoms with Crippen molar-refractivity contribution in [2.75, 3.05) is 0 Å². The highest BCUT2D eigenvalue weighted by atomic mass is 35.5. The molecule has 0 aliphatic heterocycles. The number of halogens is 2. The van der Waals surface area contributed by atoms with Gasteiger partial charge in [0, 0.05) is 28.2 Å². The van der Waals surface area contributed by atoms with E-state index in [-0.39, 0.29) is 30.8 Å². The summed E-state index contributed by atoms with van der Waals surface area (Å²) in [4.78, 5) is 28.5. The maximum absolute atomic E-state index is 13.6. The first-order valence-electron chi connectivity index (χ1n) is 11.4. The van der Waals surface area contributed by atoms with E-state index in [2.05, 4.69) is 5.32 Å². The summed E-state index contributed by atoms with van der Waals surface area (Å²) in [5.41, 5.74) is 3.79. The van der Waals surface area contributed by atoms with Crippen LogP contribution >= 0.6 is 23.2 Å². The highest BCUT2D eigenvalue weighted by Gasteiger charge is 2.31. The molecule has 1 saturated carbocycles. The lowest BCUT2D eigenvalue weighted by Crippen LogP contribution is -2.51. The molecule has 4 nitrogen and oxygen atoms in total. The highest BCUT2D eigenvalue weighted by Crippen LogP contribution is 2.28. The second-order valence-corrected chi connectivity index (χ2v) is 9.56. The number of nitrogens with one attached hydrogen (secondary N) is 1. The fraction of sp³-hybridized carbons (Fsp3) is 0.462. The maximum atomic E-state index is 13.6. The summed E-state index contributed by atoms with van der Waals surface area (Å²) < 4.78 is 0. The van der Waals surface area contributed by atoms with Crippen molar-refractivity contribution in [3.8, 4) is 0 Å². The minimum atomic E-state index is -0.583. The Bertz CT molecular complexity index is 950. The zero-order valence-electron chi connectivity index (χ0n) is 19.1. The number of nitrogens with zero attached hydrogens (tertiary/aromatic N) is 1. The minimum absolute atomic E-state index is 0.100. The van der Waals surface area contributed by atoms with Crippen molar-refractivity contribution in [1.29, 1.82) is 0 Å². The number of benzene rings is 2. The van der Waals surface area contributed by atoms with Crippen molar-refractivity contribution >= 4 is 35.0 Å². The molecule has 172 valence electrons. The van der Waals surface area contributed by atoms with E-state index in [1.807, 2.05) is 39.0 Å². The van der Waals surface area contributed by atoms with Gasteiger partial charge in [-0.25, -0.2) is 0 Å². The number of aryl methyl sites for hydroxylation is 2. The van der Waals surface area contributed by atoms with Crippen molar-refractivity contribution < 1.29 is 9.59 Å². The molecule has 3 rings (SSSR count). The van der Waals surface area contributed by atoms with Crippen LogP contribution in [0.15, 0.2) is 36.4 Å². The van der Waals surface area contributed by atoms with Gasteiger partial charge in [0.15, 0.2) is 0 Å². The molecular weight excluding hydrogens is 443 g/mol. The fourth-order valence-electron chi connectivity index (χ4n) is 4.40. The molecule has 0 heterocycles. The SMILES string of the molecule is CC[C@@H](C(=O)NC1CCCC1)N(Cc1c(Cl)cccc1Cl)C(=O)Cc1cc(C)ccc1C. The van der Waals surface area contributed by atoms with Gasteiger partial charge in [0.05, 0.1) is 6.42 Å². The number of hydrogen-bond acceptors (Lipinski definition) is 2. The van der Waals surface area contributed by atoms with Gasteiger partial charge >= 0.3 is 0 Å². The van der Waals surface area contributed by atoms with Gasteiger partial charge in [-0.1, -0.05) is 72.8 Å². The van der Waals surface area contributed by atoms with E-state index in [0.29, 0.717) is 22.0 Å². The molecule has 1 N–H and O–H groups in total. The van der Waals surface area contributed by atoms with Crippen LogP contribution in [0.25, 0.3) is 0 Å². The first-order valence-corrected chi connectivity index (χ1v) is 12.1. The van der Waals surface area contributed by atoms with Gasteiger partial charge in [-0.2, -0.15) is 0 Å². The van der Waals surface area contributed by atoms with E-state index < -0.39 is 6.04 Å². The van der Waals surface area contributed by atoms with Crippen LogP contribution in [0.1, 0.15) is 61.3 Å². The molecule has 0 aromatic heterocycles. The van der Waals surface area contributed by atoms with Crippen LogP contribution in [-0.4, -0.2) is 28.8 Å². The van der Waals surface area contributed by atoms with Crippen LogP contribution in [0.3, 0.4) is 0 Å². The Hall–Kier alpha value is -2.04. The smallest absolute Gasteiger partial charge is 0.243 e. The zero-order chi connectivity index (χ0) is 23.3. The van der Waals surface area contributed by atoms with E-state index in [9.17, 15) is 9.59 Å². The summed E-state index contributed by atoms with van der Waals surface area (Å²) in [7, 11) is 0. The standard InChI is InChI=1S/C26H32Cl2N2O2/c1-4-24(26(32)29-20-8-5-6-9-20)30(16-21-22(27)10-7-11-23(21)28)25(31)15-19-14-17(2)12-13-18(19)3/h7,10-14,20,24H,4-6,8-9,15-16H2,1-3H3,(H,29,32)/t24-/m0/s1. The molecule has 6 heteroatoms. The molecule has 2 aromatic carbocycles. The fourth-order valence-corrected chi connectivity index (χ4v) is 4.91. The molecule has 0 unspecified atom stereocenters. The van der Waals surface area contributed by atoms with Crippen LogP contribution in [0.5, 0.6) is 0 Å². The quantitative estimate of drug-likeness (QED) is 0.508. The van der Waals surface area contributed by atoms with E-state index in [1.54, 1.807) is 23.1 Å². The lowest BCUT2D eigenvalue weighted by molar-refractivity contribution is -0.141. The summed E-state index contributed by atoms with van der Waals surface area (Å²) >= 11 is 12.9. The van der Waals surface area contributed by atoms with Crippen LogP contribution in [-0.2, 0) is 22.6 Å². The molecule has 0 spiro atoms. The predicted molar refractivity (Wildman–Crippen MR) is 131 cm³/mol. The molecule has 1 fully saturated rings. The summed E-state index contributed by atoms with van der Waals surface area (Å²) in [5.74, 6) is -0.208. The van der Waals surface area contributed by atoms with Crippen molar-refractivity contribution in [1.82, 2.24) is 10.2 Å². The Morgan fingerprint density at radius 2 is 1.75 bits per heavy atom. The summed E-state index contributed by atoms with van der Waals surface area (Å²) in [6.07, 6.45) is 4.99. The van der Waals surface area contributed by atoms with Gasteiger partial charge < -0.3 is 10.2 Å². The third-order valence-corrected chi connectivity index (χ3v) is 7.03. The lowest BCUT2D eigenvalue weighted by atomic mass is 10.0. The minimum Gasteiger partial charge on any atom is -0.352 e. The normalized spacial score (nSPS) is 14.9. The monoisotopic (exact) mass is 474 g/mol. The van der Waals surface area contributed by atoms with Gasteiger partial charge in [-0.3, -0.25) is 9.59 Å². The third-order valence-electron chi connectivity index (χ3n) is 6.32. The van der Waals surface area contributed by atoms with Crippen LogP contribution < -0.4 is 5.32 Å². The molecule has 1 aliphatic carbocycles. The Morgan fingerprint density at radius 3 is 2.38 bits per heavy atom. The van der Waals surface area contributed by atoms with Crippen molar-refractivity contribution in [2.45, 2.75) is 77.9 Å². The molecule has 2 aromatic rings. The number of carbonyl (C=O) groups excluding carboxylic acids is 2. The van der Waals surface area contributed by atoms with Gasteiger partial charge in [0.25, 0.3) is 0 Å². The largest absolute Gasteiger partial charge is 0.352 e. The molecule has 1 aliphatic rings. The molecule has 2 amide bonds. The van der Waals surface area contributed by atoms with E-state index in [4.69, 9.17) is 23.2 Å². The highest BCUT2D eigenvalue weighted by molar-refractivity contribution is 6.36. The maximum Gasteiger partial charge on any atom is 0.243 e. The first-order chi connectivity index (χ1) is 15.3. The second kappa shape index (κ2) is 11.2. The molecule has 0 radical (unpaired) electrons. The van der Waals surface area contributed by atoms with Crippen LogP contribution in [0.4, 0.5) is 0 Å². The average Bonchev–Trinajstić information content (AvgIpc) is 3.25. The van der Waals surface area contributed by atoms with Gasteiger partial charge in [-0.15, -0.1) is 0 Å². The topological polar surface area (TPSA) is 49.4 Å². The molecule has 32 heavy (non-hydrogen) atoms. The van der Waals surface area contributed by atoms with E-state index >= 15 is 0 Å². The predicted octanol–water partition coefficient (Wildman–Crippen LogP) is 6.02. The second-order valence-electron chi connectivity index (χ2n) is 8.74. The summed E-state index contributed by atoms with van der Waals surface area (Å²) in [6, 6.07) is 11.0. The summed E-state index contributed by atoms with van der Waals surface area (Å²) in [5, 5.41) is 4.15. The van der Waals surface area contributed by atoms with Gasteiger partial charge in [-0.05, 0) is 56.4 Å². The van der Waals surface area contributed by atoms with Crippen LogP contribution in [0, 0.1) is 13.8 Å². The third kappa shape index (κ3) is 6.05. The Morgan fingerprint density at radius 1 is 1.09 bits per heavy atom. The zero-order valence-corrected chi connectivity index (χ0v) is 20.6. The molecule has 0 saturated heterocycles. The molecular formula is C26H32Cl2N2O2. The van der Waals surface area contributed by atoms with Gasteiger partial charge in [0.1, 0.15) is 6.04 Å². The Labute approximate surface area is 201 Å². The average molecular weight is 475 g/mol. The van der Waals surface area contributed by atoms with Crippen molar-refractivity contribution in [3.63, 3.8) is 0 Å². The Kier molecular flexibility index (Phi) is 8.61. The molecule has 1 atom stereocenters. The van der Waals surface area contributed by atoms with Crippen molar-refractivity contribution in [3.05, 3.63) is 68.7 Å². The first kappa shape index (κ1) is 24.6.